The van der Waals surface area contributed by atoms with E-state index in [1.54, 1.807) is 0 Å². The maximum absolute atomic E-state index is 9.37. The van der Waals surface area contributed by atoms with E-state index in [1.165, 1.54) is 0 Å². The van der Waals surface area contributed by atoms with Crippen molar-refractivity contribution in [3.8, 4) is 0 Å². The molecule has 2 heterocycles. The molecule has 4 nitrogen and oxygen atoms in total. The largest absolute Gasteiger partial charge is 0.366 e. The van der Waals surface area contributed by atoms with Crippen molar-refractivity contribution in [1.82, 2.24) is 0 Å². The van der Waals surface area contributed by atoms with Gasteiger partial charge in [0.05, 0.1) is 6.10 Å². The minimum Gasteiger partial charge on any atom is -0.366 e. The summed E-state index contributed by atoms with van der Waals surface area (Å²) in [5.41, 5.74) is 0. The van der Waals surface area contributed by atoms with E-state index in [1.807, 2.05) is 20.8 Å². The topological polar surface area (TPSA) is 47.9 Å². The molecule has 12 heavy (non-hydrogen) atoms. The van der Waals surface area contributed by atoms with E-state index in [0.717, 1.165) is 0 Å². The van der Waals surface area contributed by atoms with Crippen LogP contribution in [0.4, 0.5) is 0 Å². The van der Waals surface area contributed by atoms with Crippen molar-refractivity contribution in [2.24, 2.45) is 0 Å². The summed E-state index contributed by atoms with van der Waals surface area (Å²) in [6.45, 7) is 5.55. The summed E-state index contributed by atoms with van der Waals surface area (Å²) in [7, 11) is 0. The molecule has 0 amide bonds. The summed E-state index contributed by atoms with van der Waals surface area (Å²) in [4.78, 5) is 0. The van der Waals surface area contributed by atoms with E-state index in [2.05, 4.69) is 0 Å². The Morgan fingerprint density at radius 3 is 2.33 bits per heavy atom. The fourth-order valence-electron chi connectivity index (χ4n) is 1.78. The van der Waals surface area contributed by atoms with Crippen molar-refractivity contribution in [2.45, 2.75) is 51.2 Å². The molecule has 0 spiro atoms. The third-order valence-electron chi connectivity index (χ3n) is 2.26. The number of aliphatic hydroxyl groups excluding tert-OH is 1. The van der Waals surface area contributed by atoms with E-state index < -0.39 is 12.1 Å². The van der Waals surface area contributed by atoms with Crippen LogP contribution in [0.25, 0.3) is 0 Å². The molecule has 70 valence electrons. The number of hydrogen-bond donors (Lipinski definition) is 1. The summed E-state index contributed by atoms with van der Waals surface area (Å²) in [5, 5.41) is 9.37. The van der Waals surface area contributed by atoms with E-state index in [0.29, 0.717) is 0 Å². The van der Waals surface area contributed by atoms with Gasteiger partial charge in [0.25, 0.3) is 0 Å². The van der Waals surface area contributed by atoms with Crippen LogP contribution < -0.4 is 0 Å². The first-order chi connectivity index (χ1) is 5.49. The molecule has 2 fully saturated rings. The zero-order chi connectivity index (χ0) is 8.93. The first-order valence-corrected chi connectivity index (χ1v) is 4.19. The molecule has 0 radical (unpaired) electrons. The molecule has 0 aliphatic carbocycles. The highest BCUT2D eigenvalue weighted by atomic mass is 16.8. The molecule has 1 N–H and O–H groups in total. The van der Waals surface area contributed by atoms with Gasteiger partial charge in [0, 0.05) is 0 Å². The van der Waals surface area contributed by atoms with Crippen molar-refractivity contribution in [3.63, 3.8) is 0 Å². The number of fused-ring (bicyclic) bond motifs is 1. The second kappa shape index (κ2) is 2.42. The van der Waals surface area contributed by atoms with Gasteiger partial charge in [-0.25, -0.2) is 0 Å². The Bertz CT molecular complexity index is 173. The van der Waals surface area contributed by atoms with Crippen molar-refractivity contribution >= 4 is 0 Å². The number of aliphatic hydroxyl groups is 1. The molecule has 1 unspecified atom stereocenters. The maximum Gasteiger partial charge on any atom is 0.184 e. The third kappa shape index (κ3) is 1.15. The fourth-order valence-corrected chi connectivity index (χ4v) is 1.78. The van der Waals surface area contributed by atoms with Crippen LogP contribution >= 0.6 is 0 Å². The summed E-state index contributed by atoms with van der Waals surface area (Å²) < 4.78 is 16.1. The molecule has 2 aliphatic rings. The number of rotatable bonds is 0. The first kappa shape index (κ1) is 8.44. The molecular weight excluding hydrogens is 160 g/mol. The fraction of sp³-hybridized carbons (Fsp3) is 1.00. The first-order valence-electron chi connectivity index (χ1n) is 4.19. The minimum atomic E-state index is -0.841. The summed E-state index contributed by atoms with van der Waals surface area (Å²) >= 11 is 0. The van der Waals surface area contributed by atoms with Crippen molar-refractivity contribution < 1.29 is 19.3 Å². The lowest BCUT2D eigenvalue weighted by molar-refractivity contribution is -0.217. The van der Waals surface area contributed by atoms with Gasteiger partial charge in [-0.3, -0.25) is 0 Å². The van der Waals surface area contributed by atoms with Crippen LogP contribution in [0, 0.1) is 0 Å². The van der Waals surface area contributed by atoms with Crippen molar-refractivity contribution in [2.75, 3.05) is 0 Å². The average Bonchev–Trinajstić information content (AvgIpc) is 2.34. The Balaban J connectivity index is 2.15. The highest BCUT2D eigenvalue weighted by Gasteiger charge is 2.53. The smallest absolute Gasteiger partial charge is 0.184 e. The Hall–Kier alpha value is -0.160. The van der Waals surface area contributed by atoms with Crippen LogP contribution in [0.15, 0.2) is 0 Å². The zero-order valence-electron chi connectivity index (χ0n) is 7.48. The standard InChI is InChI=1S/C8H14O4/c1-4-5-6(7(9)10-4)12-8(2,3)11-5/h4-7,9H,1-3H3/t4-,5+,6+,7?/m0/s1. The van der Waals surface area contributed by atoms with E-state index in [9.17, 15) is 5.11 Å². The Labute approximate surface area is 71.4 Å². The molecular formula is C8H14O4. The molecule has 4 heteroatoms. The Kier molecular flexibility index (Phi) is 1.70. The second-order valence-corrected chi connectivity index (χ2v) is 3.80. The molecule has 0 bridgehead atoms. The van der Waals surface area contributed by atoms with Gasteiger partial charge in [0.1, 0.15) is 12.2 Å². The van der Waals surface area contributed by atoms with Crippen LogP contribution in [0.3, 0.4) is 0 Å². The second-order valence-electron chi connectivity index (χ2n) is 3.80. The van der Waals surface area contributed by atoms with E-state index in [4.69, 9.17) is 14.2 Å². The van der Waals surface area contributed by atoms with Crippen LogP contribution in [0.5, 0.6) is 0 Å². The highest BCUT2D eigenvalue weighted by Crippen LogP contribution is 2.37. The molecule has 0 aromatic rings. The number of hydrogen-bond acceptors (Lipinski definition) is 4. The lowest BCUT2D eigenvalue weighted by Gasteiger charge is -2.20. The monoisotopic (exact) mass is 174 g/mol. The van der Waals surface area contributed by atoms with Crippen molar-refractivity contribution in [3.05, 3.63) is 0 Å². The van der Waals surface area contributed by atoms with Crippen LogP contribution in [-0.2, 0) is 14.2 Å². The van der Waals surface area contributed by atoms with Gasteiger partial charge in [-0.2, -0.15) is 0 Å². The predicted molar refractivity (Wildman–Crippen MR) is 40.4 cm³/mol. The molecule has 0 aromatic carbocycles. The Morgan fingerprint density at radius 2 is 1.75 bits per heavy atom. The maximum atomic E-state index is 9.37. The van der Waals surface area contributed by atoms with Gasteiger partial charge in [-0.15, -0.1) is 0 Å². The summed E-state index contributed by atoms with van der Waals surface area (Å²) in [5.74, 6) is -0.589. The molecule has 0 aromatic heterocycles. The zero-order valence-corrected chi connectivity index (χ0v) is 7.48. The van der Waals surface area contributed by atoms with Crippen LogP contribution in [0.2, 0.25) is 0 Å². The lowest BCUT2D eigenvalue weighted by Crippen LogP contribution is -2.29. The third-order valence-corrected chi connectivity index (χ3v) is 2.26. The number of ether oxygens (including phenoxy) is 3. The normalized spacial score (nSPS) is 51.0. The lowest BCUT2D eigenvalue weighted by atomic mass is 10.2. The average molecular weight is 174 g/mol. The Morgan fingerprint density at radius 1 is 1.17 bits per heavy atom. The predicted octanol–water partition coefficient (Wildman–Crippen LogP) is 0.244. The van der Waals surface area contributed by atoms with E-state index in [-0.39, 0.29) is 18.3 Å². The van der Waals surface area contributed by atoms with Crippen LogP contribution in [-0.4, -0.2) is 35.5 Å². The van der Waals surface area contributed by atoms with Crippen molar-refractivity contribution in [1.29, 1.82) is 0 Å². The molecule has 4 atom stereocenters. The van der Waals surface area contributed by atoms with Gasteiger partial charge in [0.2, 0.25) is 0 Å². The van der Waals surface area contributed by atoms with Gasteiger partial charge in [-0.1, -0.05) is 0 Å². The molecule has 2 saturated heterocycles. The molecule has 2 rings (SSSR count). The van der Waals surface area contributed by atoms with Gasteiger partial charge in [0.15, 0.2) is 12.1 Å². The summed E-state index contributed by atoms with van der Waals surface area (Å²) in [6, 6.07) is 0. The van der Waals surface area contributed by atoms with Gasteiger partial charge >= 0.3 is 0 Å². The van der Waals surface area contributed by atoms with Gasteiger partial charge in [-0.05, 0) is 20.8 Å². The van der Waals surface area contributed by atoms with E-state index >= 15 is 0 Å². The van der Waals surface area contributed by atoms with Gasteiger partial charge < -0.3 is 19.3 Å². The molecule has 0 saturated carbocycles. The molecule has 2 aliphatic heterocycles. The highest BCUT2D eigenvalue weighted by molar-refractivity contribution is 4.92. The minimum absolute atomic E-state index is 0.0909. The summed E-state index contributed by atoms with van der Waals surface area (Å²) in [6.07, 6.45) is -1.39. The van der Waals surface area contributed by atoms with Crippen LogP contribution in [0.1, 0.15) is 20.8 Å². The SMILES string of the molecule is C[C@@H]1OC(O)[C@@H]2OC(C)(C)O[C@H]12. The quantitative estimate of drug-likeness (QED) is 0.571.